The maximum atomic E-state index is 13.3. The van der Waals surface area contributed by atoms with E-state index in [1.165, 1.54) is 12.1 Å². The molecule has 1 aliphatic carbocycles. The van der Waals surface area contributed by atoms with Gasteiger partial charge < -0.3 is 5.32 Å². The van der Waals surface area contributed by atoms with Crippen molar-refractivity contribution in [3.05, 3.63) is 89.0 Å². The second-order valence-corrected chi connectivity index (χ2v) is 9.31. The van der Waals surface area contributed by atoms with Crippen molar-refractivity contribution in [2.45, 2.75) is 17.2 Å². The summed E-state index contributed by atoms with van der Waals surface area (Å²) in [4.78, 5) is 12.1. The number of carbonyl (C=O) groups excluding carboxylic acids is 1. The SMILES string of the molecule is O=C(Nc1ccc(NS(=O)(=O)c2ccc(F)c(F)c2)cc1)C1CC1c1ccccc1Cl. The molecular weight excluding hydrogens is 446 g/mol. The van der Waals surface area contributed by atoms with Gasteiger partial charge in [0.1, 0.15) is 0 Å². The van der Waals surface area contributed by atoms with E-state index >= 15 is 0 Å². The zero-order chi connectivity index (χ0) is 22.2. The van der Waals surface area contributed by atoms with Gasteiger partial charge in [0.25, 0.3) is 10.0 Å². The lowest BCUT2D eigenvalue weighted by molar-refractivity contribution is -0.117. The monoisotopic (exact) mass is 462 g/mol. The molecular formula is C22H17ClF2N2O3S. The number of amides is 1. The van der Waals surface area contributed by atoms with E-state index in [1.54, 1.807) is 18.2 Å². The maximum absolute atomic E-state index is 13.3. The van der Waals surface area contributed by atoms with Crippen LogP contribution >= 0.6 is 11.6 Å². The predicted octanol–water partition coefficient (Wildman–Crippen LogP) is 5.16. The fraction of sp³-hybridized carbons (Fsp3) is 0.136. The number of nitrogens with one attached hydrogen (secondary N) is 2. The van der Waals surface area contributed by atoms with Crippen molar-refractivity contribution >= 4 is 38.9 Å². The van der Waals surface area contributed by atoms with E-state index in [0.29, 0.717) is 23.2 Å². The predicted molar refractivity (Wildman–Crippen MR) is 115 cm³/mol. The molecule has 5 nitrogen and oxygen atoms in total. The smallest absolute Gasteiger partial charge is 0.261 e. The summed E-state index contributed by atoms with van der Waals surface area (Å²) >= 11 is 6.19. The lowest BCUT2D eigenvalue weighted by Gasteiger charge is -2.10. The number of sulfonamides is 1. The van der Waals surface area contributed by atoms with Gasteiger partial charge in [-0.1, -0.05) is 29.8 Å². The fourth-order valence-corrected chi connectivity index (χ4v) is 4.66. The zero-order valence-corrected chi connectivity index (χ0v) is 17.6. The molecule has 2 N–H and O–H groups in total. The molecule has 0 radical (unpaired) electrons. The first-order valence-corrected chi connectivity index (χ1v) is 11.2. The lowest BCUT2D eigenvalue weighted by atomic mass is 10.1. The van der Waals surface area contributed by atoms with Crippen molar-refractivity contribution in [2.75, 3.05) is 10.0 Å². The van der Waals surface area contributed by atoms with E-state index in [1.807, 2.05) is 18.2 Å². The summed E-state index contributed by atoms with van der Waals surface area (Å²) in [6, 6.07) is 15.8. The number of benzene rings is 3. The van der Waals surface area contributed by atoms with Crippen molar-refractivity contribution in [3.8, 4) is 0 Å². The van der Waals surface area contributed by atoms with Crippen LogP contribution in [0.25, 0.3) is 0 Å². The Bertz CT molecular complexity index is 1250. The topological polar surface area (TPSA) is 75.3 Å². The third kappa shape index (κ3) is 4.70. The minimum Gasteiger partial charge on any atom is -0.326 e. The minimum atomic E-state index is -4.09. The van der Waals surface area contributed by atoms with Gasteiger partial charge in [-0.25, -0.2) is 17.2 Å². The van der Waals surface area contributed by atoms with Crippen molar-refractivity contribution in [2.24, 2.45) is 5.92 Å². The summed E-state index contributed by atoms with van der Waals surface area (Å²) in [5.74, 6) is -2.62. The molecule has 4 rings (SSSR count). The average Bonchev–Trinajstić information content (AvgIpc) is 3.52. The Morgan fingerprint density at radius 1 is 0.935 bits per heavy atom. The highest BCUT2D eigenvalue weighted by Crippen LogP contribution is 2.50. The summed E-state index contributed by atoms with van der Waals surface area (Å²) in [7, 11) is -4.09. The van der Waals surface area contributed by atoms with Gasteiger partial charge in [0.2, 0.25) is 5.91 Å². The molecule has 1 saturated carbocycles. The number of anilines is 2. The van der Waals surface area contributed by atoms with E-state index in [0.717, 1.165) is 17.7 Å². The molecule has 0 heterocycles. The molecule has 1 aliphatic rings. The Hall–Kier alpha value is -2.97. The van der Waals surface area contributed by atoms with E-state index in [-0.39, 0.29) is 23.4 Å². The van der Waals surface area contributed by atoms with Gasteiger partial charge in [-0.15, -0.1) is 0 Å². The number of hydrogen-bond donors (Lipinski definition) is 2. The Balaban J connectivity index is 1.39. The van der Waals surface area contributed by atoms with Crippen LogP contribution in [0.15, 0.2) is 71.6 Å². The third-order valence-electron chi connectivity index (χ3n) is 5.04. The molecule has 0 aliphatic heterocycles. The molecule has 1 fully saturated rings. The first-order valence-electron chi connectivity index (χ1n) is 9.38. The van der Waals surface area contributed by atoms with Crippen LogP contribution in [-0.4, -0.2) is 14.3 Å². The van der Waals surface area contributed by atoms with Crippen LogP contribution in [0.3, 0.4) is 0 Å². The van der Waals surface area contributed by atoms with Crippen LogP contribution < -0.4 is 10.0 Å². The quantitative estimate of drug-likeness (QED) is 0.531. The molecule has 160 valence electrons. The third-order valence-corrected chi connectivity index (χ3v) is 6.76. The molecule has 3 aromatic carbocycles. The van der Waals surface area contributed by atoms with Gasteiger partial charge in [-0.05, 0) is 66.4 Å². The Labute approximate surface area is 183 Å². The molecule has 9 heteroatoms. The molecule has 0 spiro atoms. The van der Waals surface area contributed by atoms with Gasteiger partial charge in [-0.2, -0.15) is 0 Å². The molecule has 0 bridgehead atoms. The Morgan fingerprint density at radius 3 is 2.29 bits per heavy atom. The molecule has 31 heavy (non-hydrogen) atoms. The van der Waals surface area contributed by atoms with Crippen LogP contribution in [0, 0.1) is 17.6 Å². The number of rotatable bonds is 6. The molecule has 0 saturated heterocycles. The van der Waals surface area contributed by atoms with Gasteiger partial charge in [0.05, 0.1) is 4.90 Å². The maximum Gasteiger partial charge on any atom is 0.261 e. The fourth-order valence-electron chi connectivity index (χ4n) is 3.32. The normalized spacial score (nSPS) is 17.8. The van der Waals surface area contributed by atoms with Crippen LogP contribution in [0.5, 0.6) is 0 Å². The molecule has 2 unspecified atom stereocenters. The van der Waals surface area contributed by atoms with E-state index in [4.69, 9.17) is 11.6 Å². The summed E-state index contributed by atoms with van der Waals surface area (Å²) in [5.41, 5.74) is 1.67. The lowest BCUT2D eigenvalue weighted by Crippen LogP contribution is -2.15. The highest BCUT2D eigenvalue weighted by Gasteiger charge is 2.44. The van der Waals surface area contributed by atoms with Crippen LogP contribution in [-0.2, 0) is 14.8 Å². The van der Waals surface area contributed by atoms with Gasteiger partial charge >= 0.3 is 0 Å². The number of hydrogen-bond acceptors (Lipinski definition) is 3. The zero-order valence-electron chi connectivity index (χ0n) is 16.0. The summed E-state index contributed by atoms with van der Waals surface area (Å²) in [5, 5.41) is 3.45. The first-order chi connectivity index (χ1) is 14.7. The molecule has 0 aromatic heterocycles. The highest BCUT2D eigenvalue weighted by atomic mass is 35.5. The van der Waals surface area contributed by atoms with E-state index in [2.05, 4.69) is 10.0 Å². The van der Waals surface area contributed by atoms with Gasteiger partial charge in [0, 0.05) is 22.3 Å². The van der Waals surface area contributed by atoms with Crippen LogP contribution in [0.1, 0.15) is 17.9 Å². The number of carbonyl (C=O) groups is 1. The van der Waals surface area contributed by atoms with E-state index in [9.17, 15) is 22.0 Å². The minimum absolute atomic E-state index is 0.0795. The summed E-state index contributed by atoms with van der Waals surface area (Å²) in [6.07, 6.45) is 0.710. The van der Waals surface area contributed by atoms with Crippen molar-refractivity contribution < 1.29 is 22.0 Å². The largest absolute Gasteiger partial charge is 0.326 e. The first kappa shape index (κ1) is 21.3. The van der Waals surface area contributed by atoms with Crippen molar-refractivity contribution in [1.82, 2.24) is 0 Å². The second kappa shape index (κ2) is 8.28. The number of halogens is 3. The standard InChI is InChI=1S/C22H17ClF2N2O3S/c23-19-4-2-1-3-16(19)17-12-18(17)22(28)26-13-5-7-14(8-6-13)27-31(29,30)15-9-10-20(24)21(25)11-15/h1-11,17-18,27H,12H2,(H,26,28). The van der Waals surface area contributed by atoms with Gasteiger partial charge in [-0.3, -0.25) is 9.52 Å². The van der Waals surface area contributed by atoms with Crippen molar-refractivity contribution in [1.29, 1.82) is 0 Å². The summed E-state index contributed by atoms with van der Waals surface area (Å²) < 4.78 is 53.3. The van der Waals surface area contributed by atoms with Crippen LogP contribution in [0.2, 0.25) is 5.02 Å². The molecule has 1 amide bonds. The van der Waals surface area contributed by atoms with Crippen molar-refractivity contribution in [3.63, 3.8) is 0 Å². The Kier molecular flexibility index (Phi) is 5.68. The summed E-state index contributed by atoms with van der Waals surface area (Å²) in [6.45, 7) is 0. The molecule has 3 aromatic rings. The highest BCUT2D eigenvalue weighted by molar-refractivity contribution is 7.92. The van der Waals surface area contributed by atoms with Crippen LogP contribution in [0.4, 0.5) is 20.2 Å². The van der Waals surface area contributed by atoms with E-state index < -0.39 is 26.6 Å². The van der Waals surface area contributed by atoms with Gasteiger partial charge in [0.15, 0.2) is 11.6 Å². The Morgan fingerprint density at radius 2 is 1.61 bits per heavy atom. The second-order valence-electron chi connectivity index (χ2n) is 7.22. The average molecular weight is 463 g/mol. The molecule has 2 atom stereocenters.